The molecule has 0 saturated heterocycles. The lowest BCUT2D eigenvalue weighted by Crippen LogP contribution is -2.12. The van der Waals surface area contributed by atoms with Gasteiger partial charge in [-0.15, -0.1) is 0 Å². The summed E-state index contributed by atoms with van der Waals surface area (Å²) in [5, 5.41) is 0. The van der Waals surface area contributed by atoms with Crippen LogP contribution >= 0.6 is 15.9 Å². The fourth-order valence-electron chi connectivity index (χ4n) is 2.43. The zero-order valence-electron chi connectivity index (χ0n) is 9.42. The summed E-state index contributed by atoms with van der Waals surface area (Å²) in [6, 6.07) is 7.72. The summed E-state index contributed by atoms with van der Waals surface area (Å²) < 4.78 is 0.988. The molecular formula is C14H17BrO. The average molecular weight is 281 g/mol. The highest BCUT2D eigenvalue weighted by atomic mass is 79.9. The molecule has 0 radical (unpaired) electrons. The molecule has 1 aliphatic rings. The molecule has 0 heterocycles. The van der Waals surface area contributed by atoms with Crippen LogP contribution < -0.4 is 0 Å². The van der Waals surface area contributed by atoms with Gasteiger partial charge in [-0.25, -0.2) is 0 Å². The third kappa shape index (κ3) is 3.18. The zero-order chi connectivity index (χ0) is 11.4. The van der Waals surface area contributed by atoms with Crippen LogP contribution in [0, 0.1) is 5.92 Å². The fraction of sp³-hybridized carbons (Fsp3) is 0.500. The van der Waals surface area contributed by atoms with E-state index in [4.69, 9.17) is 0 Å². The summed E-state index contributed by atoms with van der Waals surface area (Å²) in [6.45, 7) is 0. The molecule has 2 heteroatoms. The minimum absolute atomic E-state index is 0.299. The predicted octanol–water partition coefficient (Wildman–Crippen LogP) is 4.60. The number of halogens is 1. The molecule has 0 aromatic heterocycles. The Morgan fingerprint density at radius 3 is 2.69 bits per heavy atom. The standard InChI is InChI=1S/C14H17BrO/c15-13-8-4-7-12(10-13)14(16)9-11-5-2-1-3-6-11/h4,7-8,10-11H,1-3,5-6,9H2. The second-order valence-corrected chi connectivity index (χ2v) is 5.56. The summed E-state index contributed by atoms with van der Waals surface area (Å²) in [5.41, 5.74) is 0.847. The molecular weight excluding hydrogens is 264 g/mol. The normalized spacial score (nSPS) is 17.3. The molecule has 0 spiro atoms. The van der Waals surface area contributed by atoms with Crippen molar-refractivity contribution in [2.24, 2.45) is 5.92 Å². The molecule has 86 valence electrons. The quantitative estimate of drug-likeness (QED) is 0.740. The Morgan fingerprint density at radius 1 is 1.25 bits per heavy atom. The Kier molecular flexibility index (Phi) is 4.16. The molecule has 0 amide bonds. The van der Waals surface area contributed by atoms with E-state index in [0.717, 1.165) is 16.5 Å². The first-order chi connectivity index (χ1) is 7.75. The Labute approximate surface area is 105 Å². The number of ketones is 1. The van der Waals surface area contributed by atoms with Crippen molar-refractivity contribution in [3.63, 3.8) is 0 Å². The van der Waals surface area contributed by atoms with Gasteiger partial charge in [0.15, 0.2) is 5.78 Å². The van der Waals surface area contributed by atoms with Gasteiger partial charge in [-0.1, -0.05) is 60.2 Å². The molecule has 1 saturated carbocycles. The zero-order valence-corrected chi connectivity index (χ0v) is 11.0. The van der Waals surface area contributed by atoms with Gasteiger partial charge < -0.3 is 0 Å². The van der Waals surface area contributed by atoms with Gasteiger partial charge in [0, 0.05) is 16.5 Å². The van der Waals surface area contributed by atoms with E-state index in [1.54, 1.807) is 0 Å². The molecule has 0 N–H and O–H groups in total. The van der Waals surface area contributed by atoms with Gasteiger partial charge in [0.05, 0.1) is 0 Å². The van der Waals surface area contributed by atoms with Crippen LogP contribution in [0.1, 0.15) is 48.9 Å². The van der Waals surface area contributed by atoms with E-state index in [9.17, 15) is 4.79 Å². The van der Waals surface area contributed by atoms with Gasteiger partial charge in [0.25, 0.3) is 0 Å². The van der Waals surface area contributed by atoms with E-state index in [-0.39, 0.29) is 0 Å². The molecule has 1 fully saturated rings. The Balaban J connectivity index is 1.97. The highest BCUT2D eigenvalue weighted by Gasteiger charge is 2.17. The molecule has 1 aromatic carbocycles. The van der Waals surface area contributed by atoms with Crippen molar-refractivity contribution in [2.45, 2.75) is 38.5 Å². The van der Waals surface area contributed by atoms with Crippen molar-refractivity contribution in [3.05, 3.63) is 34.3 Å². The van der Waals surface area contributed by atoms with Crippen molar-refractivity contribution in [1.82, 2.24) is 0 Å². The van der Waals surface area contributed by atoms with Crippen molar-refractivity contribution in [3.8, 4) is 0 Å². The van der Waals surface area contributed by atoms with E-state index in [2.05, 4.69) is 15.9 Å². The maximum Gasteiger partial charge on any atom is 0.163 e. The third-order valence-corrected chi connectivity index (χ3v) is 3.84. The second kappa shape index (κ2) is 5.62. The monoisotopic (exact) mass is 280 g/mol. The summed E-state index contributed by atoms with van der Waals surface area (Å²) in [7, 11) is 0. The Bertz CT molecular complexity index is 367. The van der Waals surface area contributed by atoms with Crippen molar-refractivity contribution in [2.75, 3.05) is 0 Å². The van der Waals surface area contributed by atoms with Gasteiger partial charge in [-0.05, 0) is 18.1 Å². The third-order valence-electron chi connectivity index (χ3n) is 3.35. The maximum atomic E-state index is 12.0. The Hall–Kier alpha value is -0.630. The second-order valence-electron chi connectivity index (χ2n) is 4.64. The molecule has 0 atom stereocenters. The first-order valence-electron chi connectivity index (χ1n) is 6.04. The van der Waals surface area contributed by atoms with E-state index in [0.29, 0.717) is 11.7 Å². The maximum absolute atomic E-state index is 12.0. The van der Waals surface area contributed by atoms with Crippen LogP contribution in [0.3, 0.4) is 0 Å². The number of rotatable bonds is 3. The van der Waals surface area contributed by atoms with Gasteiger partial charge in [0.1, 0.15) is 0 Å². The molecule has 1 aromatic rings. The minimum atomic E-state index is 0.299. The minimum Gasteiger partial charge on any atom is -0.294 e. The number of benzene rings is 1. The highest BCUT2D eigenvalue weighted by molar-refractivity contribution is 9.10. The van der Waals surface area contributed by atoms with Crippen LogP contribution in [0.25, 0.3) is 0 Å². The van der Waals surface area contributed by atoms with Gasteiger partial charge >= 0.3 is 0 Å². The SMILES string of the molecule is O=C(CC1CCCCC1)c1cccc(Br)c1. The number of hydrogen-bond donors (Lipinski definition) is 0. The number of Topliss-reactive ketones (excluding diaryl/α,β-unsaturated/α-hetero) is 1. The number of carbonyl (C=O) groups excluding carboxylic acids is 1. The lowest BCUT2D eigenvalue weighted by atomic mass is 9.85. The highest BCUT2D eigenvalue weighted by Crippen LogP contribution is 2.27. The number of hydrogen-bond acceptors (Lipinski definition) is 1. The molecule has 1 nitrogen and oxygen atoms in total. The topological polar surface area (TPSA) is 17.1 Å². The van der Waals surface area contributed by atoms with Crippen LogP contribution in [0.4, 0.5) is 0 Å². The van der Waals surface area contributed by atoms with Gasteiger partial charge in [0.2, 0.25) is 0 Å². The van der Waals surface area contributed by atoms with Crippen LogP contribution in [-0.2, 0) is 0 Å². The lowest BCUT2D eigenvalue weighted by Gasteiger charge is -2.20. The van der Waals surface area contributed by atoms with Gasteiger partial charge in [-0.3, -0.25) is 4.79 Å². The van der Waals surface area contributed by atoms with Crippen LogP contribution in [0.5, 0.6) is 0 Å². The fourth-order valence-corrected chi connectivity index (χ4v) is 2.83. The first kappa shape index (κ1) is 11.8. The molecule has 2 rings (SSSR count). The lowest BCUT2D eigenvalue weighted by molar-refractivity contribution is 0.0950. The predicted molar refractivity (Wildman–Crippen MR) is 69.7 cm³/mol. The summed E-state index contributed by atoms with van der Waals surface area (Å²) >= 11 is 3.40. The van der Waals surface area contributed by atoms with Crippen molar-refractivity contribution >= 4 is 21.7 Å². The number of carbonyl (C=O) groups is 1. The van der Waals surface area contributed by atoms with Gasteiger partial charge in [-0.2, -0.15) is 0 Å². The van der Waals surface area contributed by atoms with Crippen molar-refractivity contribution < 1.29 is 4.79 Å². The van der Waals surface area contributed by atoms with Crippen LogP contribution in [0.2, 0.25) is 0 Å². The average Bonchev–Trinajstić information content (AvgIpc) is 2.30. The largest absolute Gasteiger partial charge is 0.294 e. The smallest absolute Gasteiger partial charge is 0.163 e. The molecule has 0 aliphatic heterocycles. The van der Waals surface area contributed by atoms with E-state index in [1.165, 1.54) is 32.1 Å². The molecule has 0 unspecified atom stereocenters. The van der Waals surface area contributed by atoms with Crippen LogP contribution in [0.15, 0.2) is 28.7 Å². The van der Waals surface area contributed by atoms with E-state index in [1.807, 2.05) is 24.3 Å². The summed E-state index contributed by atoms with van der Waals surface area (Å²) in [6.07, 6.45) is 7.16. The van der Waals surface area contributed by atoms with Crippen LogP contribution in [-0.4, -0.2) is 5.78 Å². The Morgan fingerprint density at radius 2 is 2.00 bits per heavy atom. The summed E-state index contributed by atoms with van der Waals surface area (Å²) in [5.74, 6) is 0.924. The van der Waals surface area contributed by atoms with E-state index < -0.39 is 0 Å². The molecule has 0 bridgehead atoms. The summed E-state index contributed by atoms with van der Waals surface area (Å²) in [4.78, 5) is 12.0. The van der Waals surface area contributed by atoms with Crippen molar-refractivity contribution in [1.29, 1.82) is 0 Å². The van der Waals surface area contributed by atoms with E-state index >= 15 is 0 Å². The molecule has 16 heavy (non-hydrogen) atoms. The first-order valence-corrected chi connectivity index (χ1v) is 6.84. The molecule has 1 aliphatic carbocycles.